The normalized spacial score (nSPS) is 12.2. The minimum Gasteiger partial charge on any atom is -0.455 e. The highest BCUT2D eigenvalue weighted by molar-refractivity contribution is 7.89. The van der Waals surface area contributed by atoms with Crippen LogP contribution in [0.15, 0.2) is 86.9 Å². The Labute approximate surface area is 206 Å². The minimum absolute atomic E-state index is 0.000985. The van der Waals surface area contributed by atoms with E-state index in [1.54, 1.807) is 25.1 Å². The lowest BCUT2D eigenvalue weighted by molar-refractivity contribution is -0.123. The van der Waals surface area contributed by atoms with Gasteiger partial charge < -0.3 is 14.5 Å². The lowest BCUT2D eigenvalue weighted by Crippen LogP contribution is -2.30. The van der Waals surface area contributed by atoms with Gasteiger partial charge in [-0.25, -0.2) is 18.4 Å². The zero-order chi connectivity index (χ0) is 26.0. The van der Waals surface area contributed by atoms with Crippen molar-refractivity contribution in [3.05, 3.63) is 94.1 Å². The van der Waals surface area contributed by atoms with E-state index in [-0.39, 0.29) is 32.5 Å². The molecule has 0 saturated heterocycles. The van der Waals surface area contributed by atoms with Crippen molar-refractivity contribution >= 4 is 38.6 Å². The number of fused-ring (bicyclic) bond motifs is 1. The van der Waals surface area contributed by atoms with Crippen molar-refractivity contribution in [1.82, 2.24) is 0 Å². The van der Waals surface area contributed by atoms with Gasteiger partial charge in [0.2, 0.25) is 10.0 Å². The minimum atomic E-state index is -3.87. The van der Waals surface area contributed by atoms with Gasteiger partial charge in [-0.05, 0) is 50.2 Å². The lowest BCUT2D eigenvalue weighted by Gasteiger charge is -2.15. The highest BCUT2D eigenvalue weighted by Crippen LogP contribution is 2.27. The molecule has 1 aromatic heterocycles. The molecule has 36 heavy (non-hydrogen) atoms. The van der Waals surface area contributed by atoms with Gasteiger partial charge in [0.15, 0.2) is 17.1 Å². The van der Waals surface area contributed by atoms with E-state index in [2.05, 4.69) is 5.32 Å². The summed E-state index contributed by atoms with van der Waals surface area (Å²) in [5, 5.41) is 7.82. The number of hydrogen-bond donors (Lipinski definition) is 2. The molecule has 0 radical (unpaired) electrons. The number of carbonyl (C=O) groups excluding carboxylic acids is 2. The average molecular weight is 507 g/mol. The smallest absolute Gasteiger partial charge is 0.342 e. The second kappa shape index (κ2) is 9.76. The zero-order valence-corrected chi connectivity index (χ0v) is 20.2. The summed E-state index contributed by atoms with van der Waals surface area (Å²) in [6.07, 6.45) is -1.21. The molecule has 0 aliphatic heterocycles. The summed E-state index contributed by atoms with van der Waals surface area (Å²) in [7, 11) is -3.87. The first-order chi connectivity index (χ1) is 17.1. The molecule has 4 rings (SSSR count). The number of carbonyl (C=O) groups is 2. The summed E-state index contributed by atoms with van der Waals surface area (Å²) in [4.78, 5) is 38.4. The first-order valence-corrected chi connectivity index (χ1v) is 12.4. The van der Waals surface area contributed by atoms with Gasteiger partial charge in [-0.2, -0.15) is 0 Å². The van der Waals surface area contributed by atoms with Crippen molar-refractivity contribution in [1.29, 1.82) is 0 Å². The number of para-hydroxylation sites is 1. The van der Waals surface area contributed by atoms with Crippen LogP contribution in [0, 0.1) is 6.92 Å². The second-order valence-corrected chi connectivity index (χ2v) is 9.60. The maximum atomic E-state index is 13.0. The Kier molecular flexibility index (Phi) is 6.73. The number of benzene rings is 3. The quantitative estimate of drug-likeness (QED) is 0.380. The third-order valence-electron chi connectivity index (χ3n) is 5.50. The standard InChI is InChI=1S/C26H22N2O7S/c1-15-22(29)20-9-6-10-21(24(20)35-23(15)17-7-4-3-5-8-17)26(31)34-16(2)25(30)28-18-11-13-19(14-12-18)36(27,32)33/h3-14,16H,1-2H3,(H,28,30)(H2,27,32,33). The lowest BCUT2D eigenvalue weighted by atomic mass is 10.0. The Morgan fingerprint density at radius 3 is 2.28 bits per heavy atom. The average Bonchev–Trinajstić information content (AvgIpc) is 2.86. The van der Waals surface area contributed by atoms with Crippen molar-refractivity contribution in [2.75, 3.05) is 5.32 Å². The fraction of sp³-hybridized carbons (Fsp3) is 0.115. The molecule has 10 heteroatoms. The van der Waals surface area contributed by atoms with Crippen LogP contribution in [0.4, 0.5) is 5.69 Å². The van der Waals surface area contributed by atoms with E-state index in [1.807, 2.05) is 18.2 Å². The monoisotopic (exact) mass is 506 g/mol. The third kappa shape index (κ3) is 5.04. The molecule has 0 aliphatic carbocycles. The number of ether oxygens (including phenoxy) is 1. The van der Waals surface area contributed by atoms with Gasteiger partial charge in [-0.1, -0.05) is 36.4 Å². The summed E-state index contributed by atoms with van der Waals surface area (Å²) in [6.45, 7) is 3.04. The fourth-order valence-corrected chi connectivity index (χ4v) is 4.10. The molecule has 9 nitrogen and oxygen atoms in total. The van der Waals surface area contributed by atoms with E-state index >= 15 is 0 Å². The van der Waals surface area contributed by atoms with Crippen LogP contribution < -0.4 is 15.9 Å². The van der Waals surface area contributed by atoms with Gasteiger partial charge in [-0.3, -0.25) is 9.59 Å². The van der Waals surface area contributed by atoms with E-state index in [0.717, 1.165) is 0 Å². The van der Waals surface area contributed by atoms with Gasteiger partial charge in [0.05, 0.1) is 10.3 Å². The van der Waals surface area contributed by atoms with Gasteiger partial charge in [-0.15, -0.1) is 0 Å². The largest absolute Gasteiger partial charge is 0.455 e. The van der Waals surface area contributed by atoms with Crippen molar-refractivity contribution in [3.8, 4) is 11.3 Å². The van der Waals surface area contributed by atoms with E-state index in [4.69, 9.17) is 14.3 Å². The Morgan fingerprint density at radius 2 is 1.64 bits per heavy atom. The maximum absolute atomic E-state index is 13.0. The molecule has 1 atom stereocenters. The predicted octanol–water partition coefficient (Wildman–Crippen LogP) is 3.60. The molecule has 0 aliphatic rings. The van der Waals surface area contributed by atoms with Gasteiger partial charge >= 0.3 is 5.97 Å². The SMILES string of the molecule is Cc1c(-c2ccccc2)oc2c(C(=O)OC(C)C(=O)Nc3ccc(S(N)(=O)=O)cc3)cccc2c1=O. The first kappa shape index (κ1) is 24.8. The Bertz CT molecular complexity index is 1630. The van der Waals surface area contributed by atoms with E-state index < -0.39 is 28.0 Å². The highest BCUT2D eigenvalue weighted by atomic mass is 32.2. The molecule has 0 fully saturated rings. The molecule has 3 aromatic carbocycles. The van der Waals surface area contributed by atoms with Crippen LogP contribution >= 0.6 is 0 Å². The molecule has 3 N–H and O–H groups in total. The zero-order valence-electron chi connectivity index (χ0n) is 19.3. The number of nitrogens with one attached hydrogen (secondary N) is 1. The van der Waals surface area contributed by atoms with Crippen LogP contribution in [0.5, 0.6) is 0 Å². The number of nitrogens with two attached hydrogens (primary N) is 1. The second-order valence-electron chi connectivity index (χ2n) is 8.04. The molecule has 4 aromatic rings. The van der Waals surface area contributed by atoms with Gasteiger partial charge in [0.25, 0.3) is 5.91 Å². The Hall–Kier alpha value is -4.28. The number of primary sulfonamides is 1. The van der Waals surface area contributed by atoms with Crippen LogP contribution in [-0.4, -0.2) is 26.4 Å². The van der Waals surface area contributed by atoms with Crippen molar-refractivity contribution in [3.63, 3.8) is 0 Å². The summed E-state index contributed by atoms with van der Waals surface area (Å²) in [6, 6.07) is 18.8. The molecule has 1 amide bonds. The Morgan fingerprint density at radius 1 is 0.972 bits per heavy atom. The topological polar surface area (TPSA) is 146 Å². The number of sulfonamides is 1. The first-order valence-electron chi connectivity index (χ1n) is 10.8. The molecule has 184 valence electrons. The molecule has 0 saturated carbocycles. The fourth-order valence-electron chi connectivity index (χ4n) is 3.58. The van der Waals surface area contributed by atoms with Crippen LogP contribution in [0.2, 0.25) is 0 Å². The van der Waals surface area contributed by atoms with Crippen molar-refractivity contribution in [2.24, 2.45) is 5.14 Å². The summed E-state index contributed by atoms with van der Waals surface area (Å²) < 4.78 is 34.1. The predicted molar refractivity (Wildman–Crippen MR) is 134 cm³/mol. The highest BCUT2D eigenvalue weighted by Gasteiger charge is 2.23. The van der Waals surface area contributed by atoms with Crippen LogP contribution in [0.25, 0.3) is 22.3 Å². The summed E-state index contributed by atoms with van der Waals surface area (Å²) in [5.74, 6) is -1.16. The van der Waals surface area contributed by atoms with Crippen LogP contribution in [-0.2, 0) is 19.6 Å². The van der Waals surface area contributed by atoms with Crippen LogP contribution in [0.3, 0.4) is 0 Å². The molecule has 0 bridgehead atoms. The summed E-state index contributed by atoms with van der Waals surface area (Å²) >= 11 is 0. The molecule has 1 heterocycles. The summed E-state index contributed by atoms with van der Waals surface area (Å²) in [5.41, 5.74) is 1.15. The molecule has 1 unspecified atom stereocenters. The van der Waals surface area contributed by atoms with Gasteiger partial charge in [0.1, 0.15) is 11.3 Å². The number of amides is 1. The number of hydrogen-bond acceptors (Lipinski definition) is 7. The molecular weight excluding hydrogens is 484 g/mol. The molecule has 0 spiro atoms. The maximum Gasteiger partial charge on any atom is 0.342 e. The van der Waals surface area contributed by atoms with E-state index in [1.165, 1.54) is 43.3 Å². The van der Waals surface area contributed by atoms with Crippen LogP contribution in [0.1, 0.15) is 22.8 Å². The van der Waals surface area contributed by atoms with Crippen molar-refractivity contribution < 1.29 is 27.2 Å². The van der Waals surface area contributed by atoms with E-state index in [9.17, 15) is 22.8 Å². The number of anilines is 1. The number of esters is 1. The third-order valence-corrected chi connectivity index (χ3v) is 6.43. The van der Waals surface area contributed by atoms with E-state index in [0.29, 0.717) is 16.9 Å². The molecular formula is C26H22N2O7S. The van der Waals surface area contributed by atoms with Gasteiger partial charge in [0, 0.05) is 16.8 Å². The van der Waals surface area contributed by atoms with Crippen molar-refractivity contribution in [2.45, 2.75) is 24.8 Å². The number of rotatable bonds is 6. The Balaban J connectivity index is 1.59.